The quantitative estimate of drug-likeness (QED) is 0.375. The molecule has 0 bridgehead atoms. The fraction of sp³-hybridized carbons (Fsp3) is 1.00. The molecule has 0 aliphatic heterocycles. The first-order valence-electron chi connectivity index (χ1n) is 3.41. The molecule has 0 aromatic rings. The molecule has 0 radical (unpaired) electrons. The Hall–Kier alpha value is -0.160. The topological polar surface area (TPSA) is 92.5 Å². The maximum absolute atomic E-state index is 9.19. The minimum atomic E-state index is -1.27. The Kier molecular flexibility index (Phi) is 3.81. The van der Waals surface area contributed by atoms with Crippen LogP contribution in [0.3, 0.4) is 0 Å². The van der Waals surface area contributed by atoms with Crippen LogP contribution in [0.2, 0.25) is 0 Å². The molecule has 6 N–H and O–H groups in total. The number of hydrogen-bond acceptors (Lipinski definition) is 4. The van der Waals surface area contributed by atoms with E-state index >= 15 is 0 Å². The van der Waals surface area contributed by atoms with Crippen molar-refractivity contribution in [3.8, 4) is 0 Å². The van der Waals surface area contributed by atoms with E-state index in [0.717, 1.165) is 0 Å². The van der Waals surface area contributed by atoms with E-state index in [0.29, 0.717) is 6.42 Å². The number of aliphatic hydroxyl groups is 2. The second kappa shape index (κ2) is 3.88. The Labute approximate surface area is 60.8 Å². The van der Waals surface area contributed by atoms with Gasteiger partial charge in [-0.1, -0.05) is 6.92 Å². The van der Waals surface area contributed by atoms with Gasteiger partial charge in [-0.05, 0) is 6.42 Å². The van der Waals surface area contributed by atoms with E-state index < -0.39 is 11.8 Å². The molecule has 0 aromatic carbocycles. The van der Waals surface area contributed by atoms with E-state index in [1.807, 2.05) is 0 Å². The molecule has 0 aliphatic carbocycles. The lowest BCUT2D eigenvalue weighted by Crippen LogP contribution is -2.43. The van der Waals surface area contributed by atoms with E-state index in [9.17, 15) is 5.11 Å². The van der Waals surface area contributed by atoms with E-state index in [-0.39, 0.29) is 13.0 Å². The molecule has 0 spiro atoms. The van der Waals surface area contributed by atoms with Gasteiger partial charge in [-0.3, -0.25) is 0 Å². The van der Waals surface area contributed by atoms with Gasteiger partial charge >= 0.3 is 0 Å². The van der Waals surface area contributed by atoms with Gasteiger partial charge in [0.15, 0.2) is 0 Å². The number of aliphatic hydroxyl groups excluding tert-OH is 1. The van der Waals surface area contributed by atoms with Crippen molar-refractivity contribution in [1.82, 2.24) is 0 Å². The van der Waals surface area contributed by atoms with Crippen molar-refractivity contribution >= 4 is 0 Å². The van der Waals surface area contributed by atoms with Gasteiger partial charge in [0.25, 0.3) is 0 Å². The van der Waals surface area contributed by atoms with Crippen LogP contribution in [0.5, 0.6) is 0 Å². The summed E-state index contributed by atoms with van der Waals surface area (Å²) < 4.78 is 0. The zero-order valence-corrected chi connectivity index (χ0v) is 6.25. The first-order chi connectivity index (χ1) is 4.52. The highest BCUT2D eigenvalue weighted by Gasteiger charge is 2.21. The van der Waals surface area contributed by atoms with Gasteiger partial charge in [-0.25, -0.2) is 0 Å². The van der Waals surface area contributed by atoms with Crippen molar-refractivity contribution in [2.45, 2.75) is 31.6 Å². The summed E-state index contributed by atoms with van der Waals surface area (Å²) in [6, 6.07) is 0. The lowest BCUT2D eigenvalue weighted by atomic mass is 10.0. The predicted molar refractivity (Wildman–Crippen MR) is 39.1 cm³/mol. The molecule has 2 unspecified atom stereocenters. The van der Waals surface area contributed by atoms with Crippen molar-refractivity contribution in [2.24, 2.45) is 11.5 Å². The van der Waals surface area contributed by atoms with Crippen molar-refractivity contribution < 1.29 is 10.2 Å². The van der Waals surface area contributed by atoms with Crippen LogP contribution in [-0.4, -0.2) is 28.6 Å². The second-order valence-electron chi connectivity index (χ2n) is 2.55. The minimum Gasteiger partial charge on any atom is -0.392 e. The standard InChI is InChI=1S/C6H16N2O2/c1-2-6(8,10)3-5(9)4-7/h5,9-10H,2-4,7-8H2,1H3. The van der Waals surface area contributed by atoms with Gasteiger partial charge in [-0.15, -0.1) is 0 Å². The van der Waals surface area contributed by atoms with Crippen molar-refractivity contribution in [1.29, 1.82) is 0 Å². The van der Waals surface area contributed by atoms with Gasteiger partial charge < -0.3 is 21.7 Å². The van der Waals surface area contributed by atoms with Crippen LogP contribution in [0, 0.1) is 0 Å². The van der Waals surface area contributed by atoms with E-state index in [4.69, 9.17) is 16.6 Å². The Morgan fingerprint density at radius 3 is 2.40 bits per heavy atom. The molecule has 10 heavy (non-hydrogen) atoms. The summed E-state index contributed by atoms with van der Waals surface area (Å²) in [7, 11) is 0. The molecule has 0 rings (SSSR count). The van der Waals surface area contributed by atoms with Gasteiger partial charge in [-0.2, -0.15) is 0 Å². The van der Waals surface area contributed by atoms with Crippen molar-refractivity contribution in [3.05, 3.63) is 0 Å². The zero-order valence-electron chi connectivity index (χ0n) is 6.25. The van der Waals surface area contributed by atoms with Gasteiger partial charge in [0, 0.05) is 13.0 Å². The van der Waals surface area contributed by atoms with Gasteiger partial charge in [0.05, 0.1) is 6.10 Å². The number of rotatable bonds is 4. The fourth-order valence-corrected chi connectivity index (χ4v) is 0.636. The van der Waals surface area contributed by atoms with Crippen LogP contribution < -0.4 is 11.5 Å². The Bertz CT molecular complexity index is 95.7. The summed E-state index contributed by atoms with van der Waals surface area (Å²) in [5.74, 6) is 0. The number of nitrogens with two attached hydrogens (primary N) is 2. The molecule has 0 aromatic heterocycles. The molecule has 2 atom stereocenters. The Morgan fingerprint density at radius 2 is 2.10 bits per heavy atom. The molecule has 0 aliphatic rings. The SMILES string of the molecule is CCC(N)(O)CC(O)CN. The highest BCUT2D eigenvalue weighted by Crippen LogP contribution is 2.08. The smallest absolute Gasteiger partial charge is 0.115 e. The molecule has 0 saturated carbocycles. The second-order valence-corrected chi connectivity index (χ2v) is 2.55. The zero-order chi connectivity index (χ0) is 8.20. The van der Waals surface area contributed by atoms with Crippen molar-refractivity contribution in [3.63, 3.8) is 0 Å². The molecule has 0 fully saturated rings. The molecule has 4 heteroatoms. The largest absolute Gasteiger partial charge is 0.392 e. The summed E-state index contributed by atoms with van der Waals surface area (Å²) >= 11 is 0. The normalized spacial score (nSPS) is 20.1. The molecule has 62 valence electrons. The fourth-order valence-electron chi connectivity index (χ4n) is 0.636. The summed E-state index contributed by atoms with van der Waals surface area (Å²) in [6.45, 7) is 1.89. The molecule has 4 nitrogen and oxygen atoms in total. The first kappa shape index (κ1) is 9.84. The lowest BCUT2D eigenvalue weighted by molar-refractivity contribution is -0.00628. The lowest BCUT2D eigenvalue weighted by Gasteiger charge is -2.23. The van der Waals surface area contributed by atoms with Crippen LogP contribution in [-0.2, 0) is 0 Å². The molecular weight excluding hydrogens is 132 g/mol. The van der Waals surface area contributed by atoms with E-state index in [2.05, 4.69) is 0 Å². The minimum absolute atomic E-state index is 0.138. The van der Waals surface area contributed by atoms with Gasteiger partial charge in [0.1, 0.15) is 5.72 Å². The number of hydrogen-bond donors (Lipinski definition) is 4. The monoisotopic (exact) mass is 148 g/mol. The highest BCUT2D eigenvalue weighted by molar-refractivity contribution is 4.73. The molecule has 0 saturated heterocycles. The van der Waals surface area contributed by atoms with Crippen molar-refractivity contribution in [2.75, 3.05) is 6.54 Å². The van der Waals surface area contributed by atoms with Crippen LogP contribution in [0.4, 0.5) is 0 Å². The Morgan fingerprint density at radius 1 is 1.60 bits per heavy atom. The molecule has 0 amide bonds. The Balaban J connectivity index is 3.64. The summed E-state index contributed by atoms with van der Waals surface area (Å²) in [5.41, 5.74) is 9.18. The summed E-state index contributed by atoms with van der Waals surface area (Å²) in [6.07, 6.45) is -0.140. The molecular formula is C6H16N2O2. The van der Waals surface area contributed by atoms with Crippen LogP contribution >= 0.6 is 0 Å². The van der Waals surface area contributed by atoms with Gasteiger partial charge in [0.2, 0.25) is 0 Å². The maximum Gasteiger partial charge on any atom is 0.115 e. The predicted octanol–water partition coefficient (Wildman–Crippen LogP) is -1.25. The first-order valence-corrected chi connectivity index (χ1v) is 3.41. The third-order valence-electron chi connectivity index (χ3n) is 1.47. The highest BCUT2D eigenvalue weighted by atomic mass is 16.3. The molecule has 0 heterocycles. The van der Waals surface area contributed by atoms with E-state index in [1.165, 1.54) is 0 Å². The van der Waals surface area contributed by atoms with Crippen LogP contribution in [0.25, 0.3) is 0 Å². The van der Waals surface area contributed by atoms with Crippen LogP contribution in [0.1, 0.15) is 19.8 Å². The average molecular weight is 148 g/mol. The van der Waals surface area contributed by atoms with Crippen LogP contribution in [0.15, 0.2) is 0 Å². The van der Waals surface area contributed by atoms with E-state index in [1.54, 1.807) is 6.92 Å². The maximum atomic E-state index is 9.19. The third-order valence-corrected chi connectivity index (χ3v) is 1.47. The summed E-state index contributed by atoms with van der Waals surface area (Å²) in [4.78, 5) is 0. The third kappa shape index (κ3) is 3.79. The summed E-state index contributed by atoms with van der Waals surface area (Å²) in [5, 5.41) is 18.1. The average Bonchev–Trinajstić information content (AvgIpc) is 1.87.